The minimum absolute atomic E-state index is 0.0859. The van der Waals surface area contributed by atoms with Gasteiger partial charge in [-0.3, -0.25) is 4.99 Å². The molecule has 0 bridgehead atoms. The van der Waals surface area contributed by atoms with Gasteiger partial charge in [-0.05, 0) is 72.4 Å². The normalized spacial score (nSPS) is 18.2. The first-order valence-electron chi connectivity index (χ1n) is 9.41. The molecule has 138 valence electrons. The highest BCUT2D eigenvalue weighted by Crippen LogP contribution is 2.35. The predicted octanol–water partition coefficient (Wildman–Crippen LogP) is 2.28. The van der Waals surface area contributed by atoms with Gasteiger partial charge in [0, 0.05) is 12.1 Å². The quantitative estimate of drug-likeness (QED) is 0.818. The van der Waals surface area contributed by atoms with E-state index in [4.69, 9.17) is 0 Å². The molecule has 0 saturated heterocycles. The van der Waals surface area contributed by atoms with E-state index in [2.05, 4.69) is 26.2 Å². The number of hydrogen-bond donors (Lipinski definition) is 0. The van der Waals surface area contributed by atoms with Crippen LogP contribution in [0.5, 0.6) is 0 Å². The van der Waals surface area contributed by atoms with Crippen molar-refractivity contribution in [2.24, 2.45) is 9.98 Å². The summed E-state index contributed by atoms with van der Waals surface area (Å²) in [5, 5.41) is 7.19. The summed E-state index contributed by atoms with van der Waals surface area (Å²) in [6.07, 6.45) is 10.3. The van der Waals surface area contributed by atoms with E-state index in [1.54, 1.807) is 0 Å². The number of fused-ring (bicyclic) bond motifs is 2. The van der Waals surface area contributed by atoms with E-state index >= 15 is 0 Å². The largest absolute Gasteiger partial charge is 0.250 e. The van der Waals surface area contributed by atoms with E-state index in [1.165, 1.54) is 59.1 Å². The smallest absolute Gasteiger partial charge is 0.247 e. The minimum Gasteiger partial charge on any atom is -0.250 e. The third-order valence-electron chi connectivity index (χ3n) is 5.74. The minimum atomic E-state index is -3.73. The maximum absolute atomic E-state index is 12.7. The van der Waals surface area contributed by atoms with Crippen LogP contribution in [0, 0.1) is 0 Å². The topological polar surface area (TPSA) is 84.6 Å². The van der Waals surface area contributed by atoms with E-state index in [-0.39, 0.29) is 10.1 Å². The molecule has 5 rings (SSSR count). The van der Waals surface area contributed by atoms with Crippen LogP contribution in [0.3, 0.4) is 0 Å². The Bertz CT molecular complexity index is 1060. The molecule has 0 atom stereocenters. The molecule has 0 fully saturated rings. The highest BCUT2D eigenvalue weighted by atomic mass is 32.2. The molecule has 27 heavy (non-hydrogen) atoms. The summed E-state index contributed by atoms with van der Waals surface area (Å²) >= 11 is 0. The molecule has 0 saturated carbocycles. The lowest BCUT2D eigenvalue weighted by molar-refractivity contribution is 0.606. The van der Waals surface area contributed by atoms with Gasteiger partial charge in [0.25, 0.3) is 0 Å². The summed E-state index contributed by atoms with van der Waals surface area (Å²) in [5.74, 6) is 0. The third kappa shape index (κ3) is 2.81. The fourth-order valence-corrected chi connectivity index (χ4v) is 5.62. The summed E-state index contributed by atoms with van der Waals surface area (Å²) in [4.78, 5) is 8.72. The second-order valence-electron chi connectivity index (χ2n) is 7.37. The molecule has 0 N–H and O–H groups in total. The fourth-order valence-electron chi connectivity index (χ4n) is 4.50. The van der Waals surface area contributed by atoms with Crippen molar-refractivity contribution >= 4 is 20.7 Å². The van der Waals surface area contributed by atoms with Gasteiger partial charge in [-0.25, -0.2) is 13.4 Å². The summed E-state index contributed by atoms with van der Waals surface area (Å²) in [6.45, 7) is 0.353. The summed E-state index contributed by atoms with van der Waals surface area (Å²) in [7, 11) is -3.73. The molecule has 0 unspecified atom stereocenters. The number of aryl methyl sites for hydroxylation is 2. The maximum atomic E-state index is 12.7. The van der Waals surface area contributed by atoms with E-state index in [9.17, 15) is 8.42 Å². The number of amidine groups is 1. The Morgan fingerprint density at radius 1 is 0.963 bits per heavy atom. The molecule has 1 aromatic heterocycles. The molecule has 2 aliphatic carbocycles. The van der Waals surface area contributed by atoms with Crippen LogP contribution < -0.4 is 0 Å². The van der Waals surface area contributed by atoms with E-state index in [0.29, 0.717) is 13.0 Å². The molecular formula is C20H20N4O2S. The molecule has 6 nitrogen and oxygen atoms in total. The standard InChI is InChI=1S/C20H20N4O2S/c25-27(26,16-7-8-22-23-12-16)20-21-11-15(24-20)10-19-17-5-1-3-13(17)9-14-4-2-6-18(14)19/h7-9,12H,1-6,10-11H2. The molecule has 1 aliphatic heterocycles. The fraction of sp³-hybridized carbons (Fsp3) is 0.400. The van der Waals surface area contributed by atoms with E-state index < -0.39 is 9.84 Å². The van der Waals surface area contributed by atoms with Crippen LogP contribution >= 0.6 is 0 Å². The lowest BCUT2D eigenvalue weighted by atomic mass is 9.91. The molecule has 2 heterocycles. The number of hydrogen-bond acceptors (Lipinski definition) is 6. The van der Waals surface area contributed by atoms with Crippen molar-refractivity contribution in [1.29, 1.82) is 0 Å². The van der Waals surface area contributed by atoms with Crippen LogP contribution in [0.4, 0.5) is 0 Å². The Morgan fingerprint density at radius 3 is 2.37 bits per heavy atom. The summed E-state index contributed by atoms with van der Waals surface area (Å²) in [6, 6.07) is 3.84. The average molecular weight is 380 g/mol. The second-order valence-corrected chi connectivity index (χ2v) is 9.22. The average Bonchev–Trinajstić information content (AvgIpc) is 3.42. The molecule has 7 heteroatoms. The molecule has 0 amide bonds. The van der Waals surface area contributed by atoms with Crippen molar-refractivity contribution in [1.82, 2.24) is 10.2 Å². The number of benzene rings is 1. The van der Waals surface area contributed by atoms with E-state index in [0.717, 1.165) is 31.4 Å². The zero-order valence-corrected chi connectivity index (χ0v) is 15.8. The summed E-state index contributed by atoms with van der Waals surface area (Å²) < 4.78 is 25.4. The van der Waals surface area contributed by atoms with Crippen LogP contribution in [-0.4, -0.2) is 36.0 Å². The molecule has 1 aromatic carbocycles. The first-order chi connectivity index (χ1) is 13.1. The third-order valence-corrected chi connectivity index (χ3v) is 7.30. The van der Waals surface area contributed by atoms with Crippen LogP contribution in [-0.2, 0) is 41.9 Å². The van der Waals surface area contributed by atoms with Crippen molar-refractivity contribution in [2.45, 2.75) is 49.8 Å². The summed E-state index contributed by atoms with van der Waals surface area (Å²) in [5.41, 5.74) is 8.17. The zero-order valence-electron chi connectivity index (χ0n) is 15.0. The molecule has 2 aromatic rings. The van der Waals surface area contributed by atoms with Gasteiger partial charge >= 0.3 is 0 Å². The van der Waals surface area contributed by atoms with Gasteiger partial charge in [-0.2, -0.15) is 10.2 Å². The zero-order chi connectivity index (χ0) is 18.4. The first kappa shape index (κ1) is 16.7. The van der Waals surface area contributed by atoms with Crippen LogP contribution in [0.15, 0.2) is 39.4 Å². The van der Waals surface area contributed by atoms with Gasteiger partial charge in [0.1, 0.15) is 0 Å². The predicted molar refractivity (Wildman–Crippen MR) is 103 cm³/mol. The molecular weight excluding hydrogens is 360 g/mol. The van der Waals surface area contributed by atoms with Gasteiger partial charge in [0.15, 0.2) is 0 Å². The Hall–Kier alpha value is -2.41. The van der Waals surface area contributed by atoms with Gasteiger partial charge < -0.3 is 0 Å². The Labute approximate surface area is 158 Å². The SMILES string of the molecule is O=S(=O)(C1=NCC(Cc2c3c(cc4c2CCC4)CCC3)=N1)c1ccnnc1. The Balaban J connectivity index is 1.47. The number of sulfone groups is 1. The maximum Gasteiger partial charge on any atom is 0.247 e. The molecule has 0 radical (unpaired) electrons. The Morgan fingerprint density at radius 2 is 1.70 bits per heavy atom. The van der Waals surface area contributed by atoms with Crippen molar-refractivity contribution in [3.63, 3.8) is 0 Å². The lowest BCUT2D eigenvalue weighted by Crippen LogP contribution is -2.13. The van der Waals surface area contributed by atoms with Crippen molar-refractivity contribution in [2.75, 3.05) is 6.54 Å². The van der Waals surface area contributed by atoms with Crippen LogP contribution in [0.25, 0.3) is 0 Å². The van der Waals surface area contributed by atoms with Crippen molar-refractivity contribution in [3.8, 4) is 0 Å². The second kappa shape index (κ2) is 6.34. The van der Waals surface area contributed by atoms with Gasteiger partial charge in [0.05, 0.1) is 23.8 Å². The van der Waals surface area contributed by atoms with Crippen molar-refractivity contribution < 1.29 is 8.42 Å². The van der Waals surface area contributed by atoms with Gasteiger partial charge in [-0.15, -0.1) is 0 Å². The number of rotatable bonds is 3. The monoisotopic (exact) mass is 380 g/mol. The van der Waals surface area contributed by atoms with Gasteiger partial charge in [-0.1, -0.05) is 6.07 Å². The van der Waals surface area contributed by atoms with E-state index in [1.807, 2.05) is 0 Å². The highest BCUT2D eigenvalue weighted by molar-refractivity contribution is 8.06. The lowest BCUT2D eigenvalue weighted by Gasteiger charge is -2.15. The molecule has 3 aliphatic rings. The number of nitrogens with zero attached hydrogens (tertiary/aromatic N) is 4. The number of aromatic nitrogens is 2. The highest BCUT2D eigenvalue weighted by Gasteiger charge is 2.29. The first-order valence-corrected chi connectivity index (χ1v) is 10.9. The number of aliphatic imine (C=N–C) groups is 2. The van der Waals surface area contributed by atoms with Gasteiger partial charge in [0.2, 0.25) is 15.0 Å². The van der Waals surface area contributed by atoms with Crippen molar-refractivity contribution in [3.05, 3.63) is 52.3 Å². The van der Waals surface area contributed by atoms with Crippen LogP contribution in [0.2, 0.25) is 0 Å². The van der Waals surface area contributed by atoms with Crippen LogP contribution in [0.1, 0.15) is 40.7 Å². The Kier molecular flexibility index (Phi) is 3.93. The molecule has 0 spiro atoms.